The molecule has 1 aromatic rings. The topological polar surface area (TPSA) is 48.9 Å². The standard InChI is InChI=1S/C6H10N2O/c1-5(9)2-6-3-7-4-8-6/h3-5,9H,2H2,1H3,(H,7,8)/t5-/m0/s1. The van der Waals surface area contributed by atoms with Gasteiger partial charge in [0.2, 0.25) is 0 Å². The quantitative estimate of drug-likeness (QED) is 0.600. The number of nitrogens with one attached hydrogen (secondary N) is 1. The van der Waals surface area contributed by atoms with Gasteiger partial charge < -0.3 is 10.1 Å². The van der Waals surface area contributed by atoms with Crippen molar-refractivity contribution < 1.29 is 5.11 Å². The molecule has 1 aromatic heterocycles. The van der Waals surface area contributed by atoms with Gasteiger partial charge in [-0.2, -0.15) is 0 Å². The first-order valence-electron chi connectivity index (χ1n) is 2.94. The van der Waals surface area contributed by atoms with Crippen LogP contribution in [0.15, 0.2) is 12.5 Å². The van der Waals surface area contributed by atoms with E-state index in [0.29, 0.717) is 6.42 Å². The second-order valence-electron chi connectivity index (χ2n) is 2.13. The number of aliphatic hydroxyl groups is 1. The summed E-state index contributed by atoms with van der Waals surface area (Å²) in [5.41, 5.74) is 0.977. The summed E-state index contributed by atoms with van der Waals surface area (Å²) in [5.74, 6) is 0. The number of H-pyrrole nitrogens is 1. The lowest BCUT2D eigenvalue weighted by Gasteiger charge is -1.98. The van der Waals surface area contributed by atoms with Crippen molar-refractivity contribution >= 4 is 0 Å². The fourth-order valence-electron chi connectivity index (χ4n) is 0.715. The molecule has 0 aliphatic heterocycles. The molecule has 0 bridgehead atoms. The van der Waals surface area contributed by atoms with Crippen molar-refractivity contribution in [3.05, 3.63) is 18.2 Å². The lowest BCUT2D eigenvalue weighted by atomic mass is 10.2. The van der Waals surface area contributed by atoms with Crippen LogP contribution >= 0.6 is 0 Å². The predicted octanol–water partition coefficient (Wildman–Crippen LogP) is 0.333. The van der Waals surface area contributed by atoms with Gasteiger partial charge in [-0.05, 0) is 6.92 Å². The summed E-state index contributed by atoms with van der Waals surface area (Å²) in [5, 5.41) is 8.88. The minimum atomic E-state index is -0.287. The number of hydrogen-bond donors (Lipinski definition) is 2. The fraction of sp³-hybridized carbons (Fsp3) is 0.500. The highest BCUT2D eigenvalue weighted by molar-refractivity contribution is 4.95. The maximum absolute atomic E-state index is 8.88. The first-order chi connectivity index (χ1) is 4.29. The van der Waals surface area contributed by atoms with Gasteiger partial charge in [-0.25, -0.2) is 4.98 Å². The van der Waals surface area contributed by atoms with E-state index in [9.17, 15) is 0 Å². The Bertz CT molecular complexity index is 158. The maximum atomic E-state index is 8.88. The van der Waals surface area contributed by atoms with E-state index in [2.05, 4.69) is 9.97 Å². The van der Waals surface area contributed by atoms with E-state index < -0.39 is 0 Å². The van der Waals surface area contributed by atoms with Crippen LogP contribution in [0, 0.1) is 0 Å². The monoisotopic (exact) mass is 126 g/mol. The van der Waals surface area contributed by atoms with E-state index in [0.717, 1.165) is 5.69 Å². The summed E-state index contributed by atoms with van der Waals surface area (Å²) in [6.07, 6.45) is 3.69. The van der Waals surface area contributed by atoms with Crippen molar-refractivity contribution in [2.24, 2.45) is 0 Å². The summed E-state index contributed by atoms with van der Waals surface area (Å²) in [7, 11) is 0. The highest BCUT2D eigenvalue weighted by Crippen LogP contribution is 1.95. The van der Waals surface area contributed by atoms with Gasteiger partial charge in [0, 0.05) is 18.3 Å². The summed E-state index contributed by atoms with van der Waals surface area (Å²) in [6.45, 7) is 1.75. The summed E-state index contributed by atoms with van der Waals surface area (Å²) < 4.78 is 0. The first-order valence-corrected chi connectivity index (χ1v) is 2.94. The Labute approximate surface area is 53.7 Å². The Morgan fingerprint density at radius 3 is 3.11 bits per heavy atom. The van der Waals surface area contributed by atoms with Crippen molar-refractivity contribution in [3.63, 3.8) is 0 Å². The molecule has 2 N–H and O–H groups in total. The molecule has 0 spiro atoms. The van der Waals surface area contributed by atoms with Gasteiger partial charge in [-0.15, -0.1) is 0 Å². The van der Waals surface area contributed by atoms with Crippen molar-refractivity contribution in [2.45, 2.75) is 19.4 Å². The van der Waals surface area contributed by atoms with Crippen LogP contribution in [-0.4, -0.2) is 21.2 Å². The second-order valence-corrected chi connectivity index (χ2v) is 2.13. The molecule has 3 heteroatoms. The van der Waals surface area contributed by atoms with Crippen LogP contribution in [0.2, 0.25) is 0 Å². The van der Waals surface area contributed by atoms with Gasteiger partial charge >= 0.3 is 0 Å². The van der Waals surface area contributed by atoms with Crippen LogP contribution in [0.4, 0.5) is 0 Å². The smallest absolute Gasteiger partial charge is 0.0921 e. The number of rotatable bonds is 2. The molecular formula is C6H10N2O. The number of aromatic nitrogens is 2. The minimum Gasteiger partial charge on any atom is -0.393 e. The highest BCUT2D eigenvalue weighted by Gasteiger charge is 1.97. The van der Waals surface area contributed by atoms with E-state index in [-0.39, 0.29) is 6.10 Å². The Morgan fingerprint density at radius 1 is 1.89 bits per heavy atom. The number of hydrogen-bond acceptors (Lipinski definition) is 2. The molecule has 0 aromatic carbocycles. The molecule has 0 aliphatic carbocycles. The second kappa shape index (κ2) is 2.64. The van der Waals surface area contributed by atoms with E-state index >= 15 is 0 Å². The molecule has 1 heterocycles. The number of imidazole rings is 1. The molecule has 0 unspecified atom stereocenters. The van der Waals surface area contributed by atoms with Gasteiger partial charge in [0.25, 0.3) is 0 Å². The zero-order chi connectivity index (χ0) is 6.69. The third kappa shape index (κ3) is 1.85. The van der Waals surface area contributed by atoms with Crippen molar-refractivity contribution in [3.8, 4) is 0 Å². The fourth-order valence-corrected chi connectivity index (χ4v) is 0.715. The van der Waals surface area contributed by atoms with Gasteiger partial charge in [0.1, 0.15) is 0 Å². The van der Waals surface area contributed by atoms with Crippen LogP contribution in [0.3, 0.4) is 0 Å². The lowest BCUT2D eigenvalue weighted by Crippen LogP contribution is -2.03. The molecule has 0 fully saturated rings. The van der Waals surface area contributed by atoms with Crippen LogP contribution in [-0.2, 0) is 6.42 Å². The molecule has 0 saturated heterocycles. The number of aromatic amines is 1. The van der Waals surface area contributed by atoms with Gasteiger partial charge in [0.05, 0.1) is 12.4 Å². The summed E-state index contributed by atoms with van der Waals surface area (Å²) in [4.78, 5) is 6.71. The van der Waals surface area contributed by atoms with E-state index in [1.807, 2.05) is 0 Å². The van der Waals surface area contributed by atoms with Crippen LogP contribution in [0.1, 0.15) is 12.6 Å². The third-order valence-corrected chi connectivity index (χ3v) is 1.07. The van der Waals surface area contributed by atoms with Gasteiger partial charge in [0.15, 0.2) is 0 Å². The molecule has 0 aliphatic rings. The molecule has 1 rings (SSSR count). The highest BCUT2D eigenvalue weighted by atomic mass is 16.3. The Kier molecular flexibility index (Phi) is 1.85. The van der Waals surface area contributed by atoms with E-state index in [1.165, 1.54) is 0 Å². The summed E-state index contributed by atoms with van der Waals surface area (Å²) >= 11 is 0. The zero-order valence-electron chi connectivity index (χ0n) is 5.33. The third-order valence-electron chi connectivity index (χ3n) is 1.07. The van der Waals surface area contributed by atoms with E-state index in [4.69, 9.17) is 5.11 Å². The average molecular weight is 126 g/mol. The predicted molar refractivity (Wildman–Crippen MR) is 34.0 cm³/mol. The molecule has 0 saturated carbocycles. The summed E-state index contributed by atoms with van der Waals surface area (Å²) in [6, 6.07) is 0. The average Bonchev–Trinajstić information content (AvgIpc) is 2.15. The van der Waals surface area contributed by atoms with Crippen LogP contribution < -0.4 is 0 Å². The van der Waals surface area contributed by atoms with Gasteiger partial charge in [-0.3, -0.25) is 0 Å². The Morgan fingerprint density at radius 2 is 2.67 bits per heavy atom. The van der Waals surface area contributed by atoms with Crippen LogP contribution in [0.5, 0.6) is 0 Å². The Balaban J connectivity index is 2.48. The molecule has 0 radical (unpaired) electrons. The minimum absolute atomic E-state index is 0.287. The van der Waals surface area contributed by atoms with Crippen molar-refractivity contribution in [1.29, 1.82) is 0 Å². The molecule has 0 amide bonds. The lowest BCUT2D eigenvalue weighted by molar-refractivity contribution is 0.194. The number of nitrogens with zero attached hydrogens (tertiary/aromatic N) is 1. The van der Waals surface area contributed by atoms with Crippen molar-refractivity contribution in [1.82, 2.24) is 9.97 Å². The van der Waals surface area contributed by atoms with Gasteiger partial charge in [-0.1, -0.05) is 0 Å². The molecule has 1 atom stereocenters. The first kappa shape index (κ1) is 6.29. The largest absolute Gasteiger partial charge is 0.393 e. The van der Waals surface area contributed by atoms with Crippen molar-refractivity contribution in [2.75, 3.05) is 0 Å². The SMILES string of the molecule is C[C@H](O)Cc1cnc[nH]1. The van der Waals surface area contributed by atoms with Crippen LogP contribution in [0.25, 0.3) is 0 Å². The molecule has 50 valence electrons. The molecule has 3 nitrogen and oxygen atoms in total. The molecule has 9 heavy (non-hydrogen) atoms. The maximum Gasteiger partial charge on any atom is 0.0921 e. The molecular weight excluding hydrogens is 116 g/mol. The zero-order valence-corrected chi connectivity index (χ0v) is 5.33. The van der Waals surface area contributed by atoms with E-state index in [1.54, 1.807) is 19.4 Å². The normalized spacial score (nSPS) is 13.6. The number of aliphatic hydroxyl groups excluding tert-OH is 1. The Hall–Kier alpha value is -0.830.